The molecular weight excluding hydrogens is 436 g/mol. The number of halogens is 2. The molecular formula is C22H25F2N5O4. The SMILES string of the molecule is CC(F)(F)c1cccc(-c2ccn(-c3cc(N4CCOCC4)nc(OCC(O)CO)n3)n2)c1. The van der Waals surface area contributed by atoms with Gasteiger partial charge in [-0.25, -0.2) is 13.5 Å². The molecule has 0 radical (unpaired) electrons. The Hall–Kier alpha value is -3.15. The van der Waals surface area contributed by atoms with Gasteiger partial charge in [0.15, 0.2) is 5.82 Å². The number of alkyl halides is 2. The largest absolute Gasteiger partial charge is 0.461 e. The average Bonchev–Trinajstić information content (AvgIpc) is 3.33. The molecule has 1 aromatic carbocycles. The molecule has 11 heteroatoms. The normalized spacial score (nSPS) is 15.5. The lowest BCUT2D eigenvalue weighted by atomic mass is 10.0. The van der Waals surface area contributed by atoms with E-state index in [2.05, 4.69) is 15.1 Å². The lowest BCUT2D eigenvalue weighted by Gasteiger charge is -2.28. The Labute approximate surface area is 189 Å². The number of benzene rings is 1. The second-order valence-electron chi connectivity index (χ2n) is 7.73. The second kappa shape index (κ2) is 9.77. The highest BCUT2D eigenvalue weighted by Gasteiger charge is 2.24. The van der Waals surface area contributed by atoms with Crippen LogP contribution in [0.3, 0.4) is 0 Å². The Kier molecular flexibility index (Phi) is 6.82. The highest BCUT2D eigenvalue weighted by atomic mass is 19.3. The molecule has 0 spiro atoms. The van der Waals surface area contributed by atoms with Crippen LogP contribution in [0, 0.1) is 0 Å². The van der Waals surface area contributed by atoms with Gasteiger partial charge in [-0.15, -0.1) is 0 Å². The van der Waals surface area contributed by atoms with Gasteiger partial charge < -0.3 is 24.6 Å². The molecule has 0 amide bonds. The Morgan fingerprint density at radius 2 is 1.91 bits per heavy atom. The summed E-state index contributed by atoms with van der Waals surface area (Å²) in [6.45, 7) is 2.62. The minimum Gasteiger partial charge on any atom is -0.461 e. The first kappa shape index (κ1) is 23.0. The van der Waals surface area contributed by atoms with Crippen LogP contribution < -0.4 is 9.64 Å². The molecule has 33 heavy (non-hydrogen) atoms. The zero-order valence-corrected chi connectivity index (χ0v) is 18.1. The lowest BCUT2D eigenvalue weighted by molar-refractivity contribution is 0.0175. The Balaban J connectivity index is 1.66. The number of aromatic nitrogens is 4. The molecule has 1 saturated heterocycles. The summed E-state index contributed by atoms with van der Waals surface area (Å²) >= 11 is 0. The molecule has 9 nitrogen and oxygen atoms in total. The molecule has 2 aromatic heterocycles. The number of morpholine rings is 1. The third kappa shape index (κ3) is 5.62. The summed E-state index contributed by atoms with van der Waals surface area (Å²) in [5, 5.41) is 23.1. The van der Waals surface area contributed by atoms with Crippen molar-refractivity contribution in [2.75, 3.05) is 44.4 Å². The molecule has 1 aliphatic heterocycles. The summed E-state index contributed by atoms with van der Waals surface area (Å²) in [7, 11) is 0. The number of ether oxygens (including phenoxy) is 2. The summed E-state index contributed by atoms with van der Waals surface area (Å²) in [5.74, 6) is -1.95. The first-order valence-electron chi connectivity index (χ1n) is 10.5. The van der Waals surface area contributed by atoms with Crippen molar-refractivity contribution in [1.82, 2.24) is 19.7 Å². The number of anilines is 1. The van der Waals surface area contributed by atoms with Crippen LogP contribution in [-0.4, -0.2) is 75.6 Å². The summed E-state index contributed by atoms with van der Waals surface area (Å²) in [6.07, 6.45) is 0.605. The predicted octanol–water partition coefficient (Wildman–Crippen LogP) is 2.01. The quantitative estimate of drug-likeness (QED) is 0.525. The van der Waals surface area contributed by atoms with Crippen molar-refractivity contribution in [3.05, 3.63) is 48.2 Å². The maximum atomic E-state index is 13.7. The van der Waals surface area contributed by atoms with Gasteiger partial charge in [-0.1, -0.05) is 18.2 Å². The van der Waals surface area contributed by atoms with Gasteiger partial charge in [-0.05, 0) is 12.1 Å². The summed E-state index contributed by atoms with van der Waals surface area (Å²) in [4.78, 5) is 10.8. The summed E-state index contributed by atoms with van der Waals surface area (Å²) in [6, 6.07) is 9.55. The number of aliphatic hydroxyl groups is 2. The molecule has 1 fully saturated rings. The minimum absolute atomic E-state index is 0.0196. The standard InChI is InChI=1S/C22H25F2N5O4/c1-22(23,24)16-4-2-3-15(11-16)18-5-6-29(27-18)20-12-19(28-7-9-32-10-8-28)25-21(26-20)33-14-17(31)13-30/h2-6,11-12,17,30-31H,7-10,13-14H2,1H3. The van der Waals surface area contributed by atoms with E-state index in [1.54, 1.807) is 30.5 Å². The van der Waals surface area contributed by atoms with Gasteiger partial charge in [0.2, 0.25) is 0 Å². The van der Waals surface area contributed by atoms with Crippen LogP contribution >= 0.6 is 0 Å². The Bertz CT molecular complexity index is 1080. The fourth-order valence-corrected chi connectivity index (χ4v) is 3.32. The topological polar surface area (TPSA) is 106 Å². The minimum atomic E-state index is -2.95. The first-order chi connectivity index (χ1) is 15.8. The highest BCUT2D eigenvalue weighted by molar-refractivity contribution is 5.60. The van der Waals surface area contributed by atoms with Crippen molar-refractivity contribution in [1.29, 1.82) is 0 Å². The zero-order chi connectivity index (χ0) is 23.4. The van der Waals surface area contributed by atoms with E-state index in [9.17, 15) is 13.9 Å². The lowest BCUT2D eigenvalue weighted by Crippen LogP contribution is -2.37. The molecule has 176 valence electrons. The number of hydrogen-bond donors (Lipinski definition) is 2. The van der Waals surface area contributed by atoms with Crippen molar-refractivity contribution < 1.29 is 28.5 Å². The van der Waals surface area contributed by atoms with E-state index in [0.29, 0.717) is 49.2 Å². The van der Waals surface area contributed by atoms with Crippen LogP contribution in [0.2, 0.25) is 0 Å². The molecule has 3 heterocycles. The molecule has 0 aliphatic carbocycles. The average molecular weight is 461 g/mol. The fraction of sp³-hybridized carbons (Fsp3) is 0.409. The van der Waals surface area contributed by atoms with Gasteiger partial charge in [0, 0.05) is 43.4 Å². The number of hydrogen-bond acceptors (Lipinski definition) is 8. The molecule has 2 N–H and O–H groups in total. The van der Waals surface area contributed by atoms with Crippen molar-refractivity contribution in [2.24, 2.45) is 0 Å². The van der Waals surface area contributed by atoms with Gasteiger partial charge in [0.05, 0.1) is 25.5 Å². The van der Waals surface area contributed by atoms with E-state index in [-0.39, 0.29) is 18.2 Å². The number of nitrogens with zero attached hydrogens (tertiary/aromatic N) is 5. The van der Waals surface area contributed by atoms with Crippen molar-refractivity contribution in [3.63, 3.8) is 0 Å². The second-order valence-corrected chi connectivity index (χ2v) is 7.73. The van der Waals surface area contributed by atoms with Gasteiger partial charge >= 0.3 is 6.01 Å². The first-order valence-corrected chi connectivity index (χ1v) is 10.5. The van der Waals surface area contributed by atoms with Crippen LogP contribution in [0.5, 0.6) is 6.01 Å². The van der Waals surface area contributed by atoms with Crippen molar-refractivity contribution in [3.8, 4) is 23.1 Å². The van der Waals surface area contributed by atoms with Crippen LogP contribution in [0.25, 0.3) is 17.1 Å². The zero-order valence-electron chi connectivity index (χ0n) is 18.1. The van der Waals surface area contributed by atoms with Crippen LogP contribution in [0.4, 0.5) is 14.6 Å². The van der Waals surface area contributed by atoms with E-state index >= 15 is 0 Å². The molecule has 0 saturated carbocycles. The van der Waals surface area contributed by atoms with Crippen LogP contribution in [-0.2, 0) is 10.7 Å². The molecule has 4 rings (SSSR count). The van der Waals surface area contributed by atoms with E-state index in [1.807, 2.05) is 4.90 Å². The van der Waals surface area contributed by atoms with Gasteiger partial charge in [-0.3, -0.25) is 0 Å². The van der Waals surface area contributed by atoms with E-state index in [0.717, 1.165) is 6.92 Å². The fourth-order valence-electron chi connectivity index (χ4n) is 3.32. The van der Waals surface area contributed by atoms with E-state index in [4.69, 9.17) is 14.6 Å². The molecule has 3 aromatic rings. The van der Waals surface area contributed by atoms with Crippen molar-refractivity contribution in [2.45, 2.75) is 19.0 Å². The highest BCUT2D eigenvalue weighted by Crippen LogP contribution is 2.30. The van der Waals surface area contributed by atoms with Gasteiger partial charge in [-0.2, -0.15) is 15.1 Å². The molecule has 1 unspecified atom stereocenters. The molecule has 1 atom stereocenters. The predicted molar refractivity (Wildman–Crippen MR) is 116 cm³/mol. The van der Waals surface area contributed by atoms with Crippen molar-refractivity contribution >= 4 is 5.82 Å². The molecule has 0 bridgehead atoms. The van der Waals surface area contributed by atoms with E-state index in [1.165, 1.54) is 16.8 Å². The van der Waals surface area contributed by atoms with Gasteiger partial charge in [0.25, 0.3) is 5.92 Å². The summed E-state index contributed by atoms with van der Waals surface area (Å²) < 4.78 is 39.9. The third-order valence-electron chi connectivity index (χ3n) is 5.12. The van der Waals surface area contributed by atoms with E-state index < -0.39 is 18.6 Å². The third-order valence-corrected chi connectivity index (χ3v) is 5.12. The maximum absolute atomic E-state index is 13.7. The van der Waals surface area contributed by atoms with Gasteiger partial charge in [0.1, 0.15) is 18.5 Å². The monoisotopic (exact) mass is 461 g/mol. The number of aliphatic hydroxyl groups excluding tert-OH is 2. The Morgan fingerprint density at radius 1 is 1.15 bits per heavy atom. The summed E-state index contributed by atoms with van der Waals surface area (Å²) in [5.41, 5.74) is 0.966. The smallest absolute Gasteiger partial charge is 0.320 e. The maximum Gasteiger partial charge on any atom is 0.320 e. The molecule has 1 aliphatic rings. The van der Waals surface area contributed by atoms with Crippen LogP contribution in [0.1, 0.15) is 12.5 Å². The van der Waals surface area contributed by atoms with Crippen LogP contribution in [0.15, 0.2) is 42.6 Å². The Morgan fingerprint density at radius 3 is 2.64 bits per heavy atom. The number of rotatable bonds is 8.